The first-order chi connectivity index (χ1) is 11.1. The largest absolute Gasteiger partial charge is 0.493 e. The van der Waals surface area contributed by atoms with E-state index >= 15 is 0 Å². The van der Waals surface area contributed by atoms with Gasteiger partial charge in [0.15, 0.2) is 0 Å². The number of benzene rings is 1. The molecular formula is C18H24FN3O. The summed E-state index contributed by atoms with van der Waals surface area (Å²) in [7, 11) is 1.98. The van der Waals surface area contributed by atoms with E-state index in [4.69, 9.17) is 4.74 Å². The highest BCUT2D eigenvalue weighted by Crippen LogP contribution is 2.21. The molecule has 1 atom stereocenters. The average molecular weight is 317 g/mol. The fraction of sp³-hybridized carbons (Fsp3) is 0.500. The van der Waals surface area contributed by atoms with E-state index in [2.05, 4.69) is 16.9 Å². The number of rotatable bonds is 5. The number of hydrogen-bond donors (Lipinski definition) is 0. The summed E-state index contributed by atoms with van der Waals surface area (Å²) in [5.41, 5.74) is 2.52. The van der Waals surface area contributed by atoms with Crippen molar-refractivity contribution in [2.75, 3.05) is 19.7 Å². The molecule has 2 aromatic rings. The summed E-state index contributed by atoms with van der Waals surface area (Å²) in [5.74, 6) is 0.856. The van der Waals surface area contributed by atoms with E-state index in [9.17, 15) is 4.39 Å². The number of hydrogen-bond acceptors (Lipinski definition) is 3. The van der Waals surface area contributed by atoms with Crippen LogP contribution in [0, 0.1) is 18.7 Å². The van der Waals surface area contributed by atoms with Gasteiger partial charge < -0.3 is 4.74 Å². The molecule has 124 valence electrons. The molecule has 1 aliphatic rings. The third kappa shape index (κ3) is 4.10. The average Bonchev–Trinajstić information content (AvgIpc) is 2.86. The van der Waals surface area contributed by atoms with Crippen molar-refractivity contribution in [3.63, 3.8) is 0 Å². The van der Waals surface area contributed by atoms with Crippen LogP contribution in [-0.4, -0.2) is 34.4 Å². The number of aromatic nitrogens is 2. The molecule has 5 heteroatoms. The Balaban J connectivity index is 1.53. The molecule has 0 unspecified atom stereocenters. The Labute approximate surface area is 136 Å². The Kier molecular flexibility index (Phi) is 4.96. The lowest BCUT2D eigenvalue weighted by Crippen LogP contribution is -2.37. The molecule has 23 heavy (non-hydrogen) atoms. The zero-order valence-electron chi connectivity index (χ0n) is 13.8. The van der Waals surface area contributed by atoms with Crippen LogP contribution in [0.15, 0.2) is 30.5 Å². The molecule has 1 saturated heterocycles. The quantitative estimate of drug-likeness (QED) is 0.848. The van der Waals surface area contributed by atoms with Crippen LogP contribution >= 0.6 is 0 Å². The molecule has 0 aliphatic carbocycles. The minimum Gasteiger partial charge on any atom is -0.493 e. The van der Waals surface area contributed by atoms with Gasteiger partial charge in [-0.25, -0.2) is 4.39 Å². The van der Waals surface area contributed by atoms with Crippen LogP contribution in [0.1, 0.15) is 24.1 Å². The number of nitrogens with zero attached hydrogens (tertiary/aromatic N) is 3. The first-order valence-electron chi connectivity index (χ1n) is 8.20. The summed E-state index contributed by atoms with van der Waals surface area (Å²) in [6, 6.07) is 6.37. The maximum Gasteiger partial charge on any atom is 0.126 e. The van der Waals surface area contributed by atoms with Crippen LogP contribution < -0.4 is 4.74 Å². The minimum absolute atomic E-state index is 0.250. The number of likely N-dealkylation sites (tertiary alicyclic amines) is 1. The smallest absolute Gasteiger partial charge is 0.126 e. The van der Waals surface area contributed by atoms with E-state index < -0.39 is 0 Å². The number of halogens is 1. The lowest BCUT2D eigenvalue weighted by Gasteiger charge is -2.32. The van der Waals surface area contributed by atoms with Gasteiger partial charge >= 0.3 is 0 Å². The Bertz CT molecular complexity index is 655. The van der Waals surface area contributed by atoms with Crippen molar-refractivity contribution in [3.05, 3.63) is 47.5 Å². The van der Waals surface area contributed by atoms with Crippen molar-refractivity contribution in [1.82, 2.24) is 14.7 Å². The van der Waals surface area contributed by atoms with Crippen molar-refractivity contribution in [2.45, 2.75) is 26.3 Å². The Morgan fingerprint density at radius 3 is 3.00 bits per heavy atom. The molecule has 0 spiro atoms. The first kappa shape index (κ1) is 16.0. The highest BCUT2D eigenvalue weighted by Gasteiger charge is 2.21. The maximum atomic E-state index is 13.2. The summed E-state index contributed by atoms with van der Waals surface area (Å²) in [6.07, 6.45) is 4.30. The monoisotopic (exact) mass is 317 g/mol. The molecule has 1 aliphatic heterocycles. The van der Waals surface area contributed by atoms with Gasteiger partial charge in [-0.05, 0) is 38.4 Å². The van der Waals surface area contributed by atoms with Gasteiger partial charge in [-0.1, -0.05) is 6.07 Å². The summed E-state index contributed by atoms with van der Waals surface area (Å²) in [6.45, 7) is 5.83. The number of ether oxygens (including phenoxy) is 1. The Hall–Kier alpha value is -1.88. The van der Waals surface area contributed by atoms with Crippen LogP contribution in [0.5, 0.6) is 5.75 Å². The van der Waals surface area contributed by atoms with E-state index in [0.717, 1.165) is 26.1 Å². The summed E-state index contributed by atoms with van der Waals surface area (Å²) >= 11 is 0. The van der Waals surface area contributed by atoms with E-state index in [0.29, 0.717) is 18.3 Å². The van der Waals surface area contributed by atoms with Crippen molar-refractivity contribution >= 4 is 0 Å². The third-order valence-corrected chi connectivity index (χ3v) is 4.62. The Morgan fingerprint density at radius 2 is 2.26 bits per heavy atom. The fourth-order valence-electron chi connectivity index (χ4n) is 3.14. The van der Waals surface area contributed by atoms with Crippen LogP contribution in [0.3, 0.4) is 0 Å². The van der Waals surface area contributed by atoms with Gasteiger partial charge in [0.05, 0.1) is 12.8 Å². The standard InChI is InChI=1S/C18H24FN3O/c1-14-16(10-20-21(14)2)12-22-8-4-5-15(11-22)13-23-18-7-3-6-17(19)9-18/h3,6-7,9-10,15H,4-5,8,11-13H2,1-2H3/t15-/m1/s1. The predicted octanol–water partition coefficient (Wildman–Crippen LogP) is 3.16. The van der Waals surface area contributed by atoms with E-state index in [1.54, 1.807) is 6.07 Å². The normalized spacial score (nSPS) is 19.0. The maximum absolute atomic E-state index is 13.2. The van der Waals surface area contributed by atoms with Crippen LogP contribution in [0.2, 0.25) is 0 Å². The number of piperidine rings is 1. The SMILES string of the molecule is Cc1c(CN2CCC[C@@H](COc3cccc(F)c3)C2)cnn1C. The molecule has 2 heterocycles. The molecule has 3 rings (SSSR count). The molecule has 0 bridgehead atoms. The molecule has 0 amide bonds. The van der Waals surface area contributed by atoms with Gasteiger partial charge in [0.25, 0.3) is 0 Å². The summed E-state index contributed by atoms with van der Waals surface area (Å²) in [4.78, 5) is 2.47. The van der Waals surface area contributed by atoms with Crippen molar-refractivity contribution in [1.29, 1.82) is 0 Å². The topological polar surface area (TPSA) is 30.3 Å². The second-order valence-electron chi connectivity index (χ2n) is 6.39. The molecule has 1 fully saturated rings. The molecule has 1 aromatic heterocycles. The molecular weight excluding hydrogens is 293 g/mol. The second-order valence-corrected chi connectivity index (χ2v) is 6.39. The minimum atomic E-state index is -0.250. The predicted molar refractivity (Wildman–Crippen MR) is 87.8 cm³/mol. The van der Waals surface area contributed by atoms with E-state index in [1.165, 1.54) is 29.8 Å². The third-order valence-electron chi connectivity index (χ3n) is 4.62. The van der Waals surface area contributed by atoms with Crippen molar-refractivity contribution < 1.29 is 9.13 Å². The summed E-state index contributed by atoms with van der Waals surface area (Å²) in [5, 5.41) is 4.31. The van der Waals surface area contributed by atoms with Gasteiger partial charge in [0, 0.05) is 43.4 Å². The van der Waals surface area contributed by atoms with Crippen LogP contribution in [0.25, 0.3) is 0 Å². The first-order valence-corrected chi connectivity index (χ1v) is 8.20. The Morgan fingerprint density at radius 1 is 1.39 bits per heavy atom. The van der Waals surface area contributed by atoms with Gasteiger partial charge in [-0.3, -0.25) is 9.58 Å². The fourth-order valence-corrected chi connectivity index (χ4v) is 3.14. The van der Waals surface area contributed by atoms with Gasteiger partial charge in [-0.15, -0.1) is 0 Å². The van der Waals surface area contributed by atoms with Gasteiger partial charge in [0.1, 0.15) is 11.6 Å². The molecule has 0 radical (unpaired) electrons. The second kappa shape index (κ2) is 7.13. The lowest BCUT2D eigenvalue weighted by atomic mass is 9.98. The van der Waals surface area contributed by atoms with Crippen molar-refractivity contribution in [2.24, 2.45) is 13.0 Å². The van der Waals surface area contributed by atoms with E-state index in [1.807, 2.05) is 24.0 Å². The zero-order chi connectivity index (χ0) is 16.2. The zero-order valence-corrected chi connectivity index (χ0v) is 13.8. The van der Waals surface area contributed by atoms with Crippen LogP contribution in [0.4, 0.5) is 4.39 Å². The van der Waals surface area contributed by atoms with Crippen LogP contribution in [-0.2, 0) is 13.6 Å². The molecule has 1 aromatic carbocycles. The molecule has 4 nitrogen and oxygen atoms in total. The number of aryl methyl sites for hydroxylation is 1. The molecule has 0 saturated carbocycles. The highest BCUT2D eigenvalue weighted by atomic mass is 19.1. The lowest BCUT2D eigenvalue weighted by molar-refractivity contribution is 0.125. The van der Waals surface area contributed by atoms with Crippen molar-refractivity contribution in [3.8, 4) is 5.75 Å². The summed E-state index contributed by atoms with van der Waals surface area (Å²) < 4.78 is 20.9. The van der Waals surface area contributed by atoms with E-state index in [-0.39, 0.29) is 5.82 Å². The molecule has 0 N–H and O–H groups in total. The van der Waals surface area contributed by atoms with Gasteiger partial charge in [-0.2, -0.15) is 5.10 Å². The highest BCUT2D eigenvalue weighted by molar-refractivity contribution is 5.22. The van der Waals surface area contributed by atoms with Gasteiger partial charge in [0.2, 0.25) is 0 Å².